The van der Waals surface area contributed by atoms with Gasteiger partial charge in [-0.1, -0.05) is 35.3 Å². The minimum absolute atomic E-state index is 0.105. The van der Waals surface area contributed by atoms with Crippen LogP contribution in [0.4, 0.5) is 4.79 Å². The molecule has 1 aromatic heterocycles. The van der Waals surface area contributed by atoms with Gasteiger partial charge in [0.2, 0.25) is 0 Å². The monoisotopic (exact) mass is 466 g/mol. The van der Waals surface area contributed by atoms with Gasteiger partial charge in [-0.2, -0.15) is 5.10 Å². The molecule has 11 heteroatoms. The van der Waals surface area contributed by atoms with Crippen molar-refractivity contribution < 1.29 is 23.9 Å². The third kappa shape index (κ3) is 4.83. The molecule has 1 unspecified atom stereocenters. The molecule has 0 bridgehead atoms. The van der Waals surface area contributed by atoms with E-state index < -0.39 is 24.0 Å². The van der Waals surface area contributed by atoms with Gasteiger partial charge < -0.3 is 20.1 Å². The largest absolute Gasteiger partial charge is 0.463 e. The Bertz CT molecular complexity index is 1060. The molecule has 2 aromatic rings. The fourth-order valence-corrected chi connectivity index (χ4v) is 3.54. The Hall–Kier alpha value is -3.04. The number of benzene rings is 1. The molecule has 0 radical (unpaired) electrons. The number of esters is 2. The second kappa shape index (κ2) is 9.40. The molecule has 0 saturated heterocycles. The summed E-state index contributed by atoms with van der Waals surface area (Å²) in [6.45, 7) is 3.03. The summed E-state index contributed by atoms with van der Waals surface area (Å²) in [4.78, 5) is 37.6. The quantitative estimate of drug-likeness (QED) is 0.632. The molecule has 1 aliphatic heterocycles. The second-order valence-corrected chi connectivity index (χ2v) is 7.44. The average molecular weight is 467 g/mol. The van der Waals surface area contributed by atoms with Crippen LogP contribution in [0.25, 0.3) is 0 Å². The van der Waals surface area contributed by atoms with E-state index >= 15 is 0 Å². The number of carbonyl (C=O) groups is 3. The van der Waals surface area contributed by atoms with E-state index in [2.05, 4.69) is 15.7 Å². The van der Waals surface area contributed by atoms with Crippen LogP contribution in [-0.2, 0) is 21.3 Å². The van der Waals surface area contributed by atoms with Gasteiger partial charge in [-0.3, -0.25) is 4.68 Å². The molecular weight excluding hydrogens is 447 g/mol. The predicted molar refractivity (Wildman–Crippen MR) is 113 cm³/mol. The second-order valence-electron chi connectivity index (χ2n) is 6.65. The van der Waals surface area contributed by atoms with E-state index in [1.54, 1.807) is 45.2 Å². The van der Waals surface area contributed by atoms with Crippen LogP contribution < -0.4 is 10.6 Å². The Morgan fingerprint density at radius 2 is 1.84 bits per heavy atom. The normalized spacial score (nSPS) is 15.9. The molecule has 0 saturated carbocycles. The van der Waals surface area contributed by atoms with Crippen molar-refractivity contribution in [3.63, 3.8) is 0 Å². The van der Waals surface area contributed by atoms with Gasteiger partial charge in [-0.05, 0) is 31.5 Å². The molecule has 164 valence electrons. The fraction of sp³-hybridized carbons (Fsp3) is 0.300. The number of aromatic nitrogens is 2. The summed E-state index contributed by atoms with van der Waals surface area (Å²) >= 11 is 12.1. The Morgan fingerprint density at radius 1 is 1.16 bits per heavy atom. The van der Waals surface area contributed by atoms with Crippen molar-refractivity contribution in [3.05, 3.63) is 62.5 Å². The van der Waals surface area contributed by atoms with Crippen molar-refractivity contribution >= 4 is 41.2 Å². The number of carbonyl (C=O) groups excluding carboxylic acids is 3. The van der Waals surface area contributed by atoms with Crippen LogP contribution in [0.5, 0.6) is 0 Å². The zero-order valence-corrected chi connectivity index (χ0v) is 18.5. The molecule has 1 aliphatic rings. The highest BCUT2D eigenvalue weighted by Gasteiger charge is 2.34. The SMILES string of the molecule is CCOC(=O)C1=C(COC(=O)c2c(C)nn(C)c2Cl)NC(=O)NC1c1ccc(Cl)cc1. The highest BCUT2D eigenvalue weighted by atomic mass is 35.5. The molecule has 1 atom stereocenters. The fourth-order valence-electron chi connectivity index (χ4n) is 3.16. The first-order chi connectivity index (χ1) is 14.7. The molecule has 9 nitrogen and oxygen atoms in total. The highest BCUT2D eigenvalue weighted by Crippen LogP contribution is 2.29. The molecule has 1 aromatic carbocycles. The number of halogens is 2. The molecule has 31 heavy (non-hydrogen) atoms. The smallest absolute Gasteiger partial charge is 0.343 e. The third-order valence-electron chi connectivity index (χ3n) is 4.56. The van der Waals surface area contributed by atoms with Gasteiger partial charge in [0.05, 0.1) is 29.6 Å². The number of aryl methyl sites for hydroxylation is 2. The zero-order valence-electron chi connectivity index (χ0n) is 17.0. The Labute approximate surface area is 188 Å². The Kier molecular flexibility index (Phi) is 6.87. The van der Waals surface area contributed by atoms with Crippen LogP contribution in [0.2, 0.25) is 10.2 Å². The molecule has 2 amide bonds. The van der Waals surface area contributed by atoms with Gasteiger partial charge in [-0.25, -0.2) is 14.4 Å². The van der Waals surface area contributed by atoms with Gasteiger partial charge in [0.15, 0.2) is 0 Å². The maximum Gasteiger partial charge on any atom is 0.343 e. The predicted octanol–water partition coefficient (Wildman–Crippen LogP) is 3.06. The van der Waals surface area contributed by atoms with Gasteiger partial charge >= 0.3 is 18.0 Å². The third-order valence-corrected chi connectivity index (χ3v) is 5.24. The summed E-state index contributed by atoms with van der Waals surface area (Å²) in [5, 5.41) is 9.91. The number of amides is 2. The summed E-state index contributed by atoms with van der Waals surface area (Å²) in [6.07, 6.45) is 0. The summed E-state index contributed by atoms with van der Waals surface area (Å²) in [5.74, 6) is -1.39. The number of nitrogens with one attached hydrogen (secondary N) is 2. The van der Waals surface area contributed by atoms with Crippen molar-refractivity contribution in [1.82, 2.24) is 20.4 Å². The number of urea groups is 1. The van der Waals surface area contributed by atoms with Gasteiger partial charge in [-0.15, -0.1) is 0 Å². The first-order valence-corrected chi connectivity index (χ1v) is 10.1. The van der Waals surface area contributed by atoms with E-state index in [9.17, 15) is 14.4 Å². The van der Waals surface area contributed by atoms with E-state index in [1.165, 1.54) is 4.68 Å². The van der Waals surface area contributed by atoms with Crippen LogP contribution >= 0.6 is 23.2 Å². The van der Waals surface area contributed by atoms with Gasteiger partial charge in [0.25, 0.3) is 0 Å². The molecule has 0 spiro atoms. The minimum Gasteiger partial charge on any atom is -0.463 e. The summed E-state index contributed by atoms with van der Waals surface area (Å²) in [5.41, 5.74) is 1.33. The molecule has 0 fully saturated rings. The Balaban J connectivity index is 1.95. The molecule has 3 rings (SSSR count). The topological polar surface area (TPSA) is 112 Å². The molecular formula is C20H20Cl2N4O5. The van der Waals surface area contributed by atoms with E-state index in [4.69, 9.17) is 32.7 Å². The number of hydrogen-bond donors (Lipinski definition) is 2. The van der Waals surface area contributed by atoms with Crippen LogP contribution in [0.1, 0.15) is 34.6 Å². The lowest BCUT2D eigenvalue weighted by Gasteiger charge is -2.29. The van der Waals surface area contributed by atoms with Crippen molar-refractivity contribution in [2.75, 3.05) is 13.2 Å². The lowest BCUT2D eigenvalue weighted by Crippen LogP contribution is -2.47. The zero-order chi connectivity index (χ0) is 22.7. The Morgan fingerprint density at radius 3 is 2.42 bits per heavy atom. The van der Waals surface area contributed by atoms with E-state index in [1.807, 2.05) is 0 Å². The van der Waals surface area contributed by atoms with Gasteiger partial charge in [0, 0.05) is 12.1 Å². The number of rotatable bonds is 6. The summed E-state index contributed by atoms with van der Waals surface area (Å²) < 4.78 is 11.9. The number of hydrogen-bond acceptors (Lipinski definition) is 6. The standard InChI is InChI=1S/C20H20Cl2N4O5/c1-4-30-19(28)15-13(9-31-18(27)14-10(2)25-26(3)17(14)22)23-20(29)24-16(15)11-5-7-12(21)8-6-11/h5-8,16H,4,9H2,1-3H3,(H2,23,24,29). The maximum atomic E-state index is 12.7. The van der Waals surface area contributed by atoms with E-state index in [0.717, 1.165) is 0 Å². The molecule has 2 N–H and O–H groups in total. The van der Waals surface area contributed by atoms with Crippen LogP contribution in [-0.4, -0.2) is 41.0 Å². The lowest BCUT2D eigenvalue weighted by atomic mass is 9.95. The van der Waals surface area contributed by atoms with Crippen LogP contribution in [0.15, 0.2) is 35.5 Å². The van der Waals surface area contributed by atoms with Gasteiger partial charge in [0.1, 0.15) is 17.3 Å². The van der Waals surface area contributed by atoms with Crippen molar-refractivity contribution in [2.45, 2.75) is 19.9 Å². The number of ether oxygens (including phenoxy) is 2. The maximum absolute atomic E-state index is 12.7. The van der Waals surface area contributed by atoms with Crippen molar-refractivity contribution in [1.29, 1.82) is 0 Å². The highest BCUT2D eigenvalue weighted by molar-refractivity contribution is 6.32. The first-order valence-electron chi connectivity index (χ1n) is 9.32. The molecule has 2 heterocycles. The number of nitrogens with zero attached hydrogens (tertiary/aromatic N) is 2. The average Bonchev–Trinajstić information content (AvgIpc) is 2.98. The lowest BCUT2D eigenvalue weighted by molar-refractivity contribution is -0.139. The van der Waals surface area contributed by atoms with E-state index in [-0.39, 0.29) is 35.2 Å². The van der Waals surface area contributed by atoms with E-state index in [0.29, 0.717) is 16.3 Å². The minimum atomic E-state index is -0.817. The first kappa shape index (κ1) is 22.6. The van der Waals surface area contributed by atoms with Crippen molar-refractivity contribution in [3.8, 4) is 0 Å². The summed E-state index contributed by atoms with van der Waals surface area (Å²) in [6, 6.07) is 5.26. The van der Waals surface area contributed by atoms with Crippen molar-refractivity contribution in [2.24, 2.45) is 7.05 Å². The summed E-state index contributed by atoms with van der Waals surface area (Å²) in [7, 11) is 1.59. The molecule has 0 aliphatic carbocycles. The van der Waals surface area contributed by atoms with Crippen LogP contribution in [0.3, 0.4) is 0 Å². The van der Waals surface area contributed by atoms with Crippen LogP contribution in [0, 0.1) is 6.92 Å².